The van der Waals surface area contributed by atoms with Crippen molar-refractivity contribution < 1.29 is 8.42 Å². The van der Waals surface area contributed by atoms with Gasteiger partial charge in [-0.15, -0.1) is 23.1 Å². The van der Waals surface area contributed by atoms with Gasteiger partial charge in [0, 0.05) is 10.1 Å². The molecule has 1 aromatic heterocycles. The van der Waals surface area contributed by atoms with Gasteiger partial charge >= 0.3 is 0 Å². The molecule has 0 unspecified atom stereocenters. The number of aryl methyl sites for hydroxylation is 1. The van der Waals surface area contributed by atoms with Crippen molar-refractivity contribution in [3.63, 3.8) is 0 Å². The van der Waals surface area contributed by atoms with Gasteiger partial charge in [-0.05, 0) is 42.5 Å². The van der Waals surface area contributed by atoms with E-state index in [4.69, 9.17) is 0 Å². The quantitative estimate of drug-likeness (QED) is 0.838. The van der Waals surface area contributed by atoms with E-state index in [0.717, 1.165) is 5.56 Å². The number of rotatable bonds is 2. The van der Waals surface area contributed by atoms with Crippen molar-refractivity contribution in [2.24, 2.45) is 0 Å². The Morgan fingerprint density at radius 3 is 2.68 bits per heavy atom. The summed E-state index contributed by atoms with van der Waals surface area (Å²) in [6, 6.07) is 10.4. The summed E-state index contributed by atoms with van der Waals surface area (Å²) < 4.78 is 24.5. The molecule has 0 saturated carbocycles. The van der Waals surface area contributed by atoms with Crippen LogP contribution in [-0.4, -0.2) is 14.2 Å². The minimum absolute atomic E-state index is 0.257. The number of hydrogen-bond donors (Lipinski definition) is 0. The first-order valence-corrected chi connectivity index (χ1v) is 9.51. The molecule has 2 nitrogen and oxygen atoms in total. The third kappa shape index (κ3) is 2.59. The molecule has 3 rings (SSSR count). The van der Waals surface area contributed by atoms with Crippen molar-refractivity contribution in [3.05, 3.63) is 46.8 Å². The molecule has 2 aromatic rings. The number of sulfone groups is 1. The van der Waals surface area contributed by atoms with Crippen molar-refractivity contribution in [1.29, 1.82) is 0 Å². The summed E-state index contributed by atoms with van der Waals surface area (Å²) in [6.07, 6.45) is 0.699. The van der Waals surface area contributed by atoms with E-state index in [1.54, 1.807) is 11.8 Å². The third-order valence-corrected chi connectivity index (χ3v) is 7.90. The molecule has 0 bridgehead atoms. The molecular formula is C14H14O2S3. The Bertz CT molecular complexity index is 684. The molecule has 1 aliphatic rings. The Labute approximate surface area is 121 Å². The van der Waals surface area contributed by atoms with E-state index < -0.39 is 9.84 Å². The molecule has 5 heteroatoms. The molecule has 19 heavy (non-hydrogen) atoms. The Balaban J connectivity index is 1.90. The van der Waals surface area contributed by atoms with Crippen LogP contribution in [0.5, 0.6) is 0 Å². The zero-order valence-corrected chi connectivity index (χ0v) is 12.9. The summed E-state index contributed by atoms with van der Waals surface area (Å²) in [5.74, 6) is 0.268. The van der Waals surface area contributed by atoms with E-state index >= 15 is 0 Å². The fourth-order valence-corrected chi connectivity index (χ4v) is 6.68. The van der Waals surface area contributed by atoms with Crippen molar-refractivity contribution in [1.82, 2.24) is 0 Å². The first kappa shape index (κ1) is 13.2. The second-order valence-corrected chi connectivity index (χ2v) is 9.19. The highest BCUT2D eigenvalue weighted by Gasteiger charge is 2.31. The molecule has 0 N–H and O–H groups in total. The van der Waals surface area contributed by atoms with Crippen LogP contribution in [0.2, 0.25) is 0 Å². The van der Waals surface area contributed by atoms with Crippen LogP contribution >= 0.6 is 23.1 Å². The smallest absolute Gasteiger partial charge is 0.188 e. The van der Waals surface area contributed by atoms with Crippen LogP contribution in [0.4, 0.5) is 0 Å². The van der Waals surface area contributed by atoms with Crippen molar-refractivity contribution >= 4 is 32.9 Å². The zero-order chi connectivity index (χ0) is 13.5. The Kier molecular flexibility index (Phi) is 3.45. The van der Waals surface area contributed by atoms with Gasteiger partial charge in [-0.2, -0.15) is 0 Å². The number of thiophene rings is 1. The van der Waals surface area contributed by atoms with Gasteiger partial charge < -0.3 is 0 Å². The first-order chi connectivity index (χ1) is 9.06. The minimum atomic E-state index is -3.03. The molecule has 1 aliphatic heterocycles. The van der Waals surface area contributed by atoms with Gasteiger partial charge in [0.05, 0.1) is 5.75 Å². The Hall–Kier alpha value is -0.780. The number of benzene rings is 1. The number of hydrogen-bond acceptors (Lipinski definition) is 4. The van der Waals surface area contributed by atoms with E-state index in [-0.39, 0.29) is 11.0 Å². The molecule has 1 atom stereocenters. The van der Waals surface area contributed by atoms with Gasteiger partial charge in [-0.3, -0.25) is 0 Å². The van der Waals surface area contributed by atoms with Crippen molar-refractivity contribution in [3.8, 4) is 0 Å². The van der Waals surface area contributed by atoms with E-state index in [9.17, 15) is 8.42 Å². The largest absolute Gasteiger partial charge is 0.223 e. The molecular weight excluding hydrogens is 296 g/mol. The normalized spacial score (nSPS) is 21.0. The van der Waals surface area contributed by atoms with Crippen molar-refractivity contribution in [2.75, 3.05) is 5.75 Å². The van der Waals surface area contributed by atoms with Crippen LogP contribution in [0.3, 0.4) is 0 Å². The lowest BCUT2D eigenvalue weighted by Gasteiger charge is -2.22. The average molecular weight is 310 g/mol. The van der Waals surface area contributed by atoms with E-state index in [2.05, 4.69) is 31.2 Å². The van der Waals surface area contributed by atoms with Crippen LogP contribution in [0, 0.1) is 6.92 Å². The second kappa shape index (κ2) is 4.96. The van der Waals surface area contributed by atoms with Gasteiger partial charge in [0.15, 0.2) is 9.84 Å². The topological polar surface area (TPSA) is 34.1 Å². The summed E-state index contributed by atoms with van der Waals surface area (Å²) in [5.41, 5.74) is 2.23. The van der Waals surface area contributed by atoms with Crippen LogP contribution in [0.25, 0.3) is 0 Å². The standard InChI is InChI=1S/C14H14O2S3/c1-10-2-4-11(5-3-10)18-13-7-9-19(15,16)14-12(13)6-8-17-14/h2-6,8,13H,7,9H2,1H3/t13-/m0/s1. The van der Waals surface area contributed by atoms with Gasteiger partial charge in [-0.1, -0.05) is 17.7 Å². The molecule has 1 aromatic carbocycles. The van der Waals surface area contributed by atoms with Gasteiger partial charge in [0.1, 0.15) is 4.21 Å². The van der Waals surface area contributed by atoms with Crippen LogP contribution in [-0.2, 0) is 9.84 Å². The fraction of sp³-hybridized carbons (Fsp3) is 0.286. The lowest BCUT2D eigenvalue weighted by Crippen LogP contribution is -2.16. The Morgan fingerprint density at radius 1 is 1.21 bits per heavy atom. The maximum atomic E-state index is 12.0. The van der Waals surface area contributed by atoms with Crippen LogP contribution < -0.4 is 0 Å². The molecule has 0 radical (unpaired) electrons. The average Bonchev–Trinajstić information content (AvgIpc) is 2.86. The summed E-state index contributed by atoms with van der Waals surface area (Å²) in [4.78, 5) is 1.20. The maximum absolute atomic E-state index is 12.0. The molecule has 0 fully saturated rings. The predicted octanol–water partition coefficient (Wildman–Crippen LogP) is 4.07. The van der Waals surface area contributed by atoms with Crippen molar-refractivity contribution in [2.45, 2.75) is 27.7 Å². The molecule has 0 saturated heterocycles. The molecule has 100 valence electrons. The maximum Gasteiger partial charge on any atom is 0.188 e. The SMILES string of the molecule is Cc1ccc(S[C@H]2CCS(=O)(=O)c3sccc32)cc1. The van der Waals surface area contributed by atoms with E-state index in [0.29, 0.717) is 10.6 Å². The molecule has 0 amide bonds. The van der Waals surface area contributed by atoms with Gasteiger partial charge in [0.25, 0.3) is 0 Å². The second-order valence-electron chi connectivity index (χ2n) is 4.69. The highest BCUT2D eigenvalue weighted by atomic mass is 32.2. The lowest BCUT2D eigenvalue weighted by atomic mass is 10.2. The van der Waals surface area contributed by atoms with E-state index in [1.807, 2.05) is 11.4 Å². The highest BCUT2D eigenvalue weighted by Crippen LogP contribution is 2.46. The monoisotopic (exact) mass is 310 g/mol. The summed E-state index contributed by atoms with van der Waals surface area (Å²) in [5, 5.41) is 2.14. The summed E-state index contributed by atoms with van der Waals surface area (Å²) in [6.45, 7) is 2.07. The first-order valence-electron chi connectivity index (χ1n) is 6.10. The molecule has 0 aliphatic carbocycles. The number of thioether (sulfide) groups is 1. The highest BCUT2D eigenvalue weighted by molar-refractivity contribution is 8.00. The Morgan fingerprint density at radius 2 is 1.95 bits per heavy atom. The predicted molar refractivity (Wildman–Crippen MR) is 80.8 cm³/mol. The fourth-order valence-electron chi connectivity index (χ4n) is 2.21. The van der Waals surface area contributed by atoms with Crippen LogP contribution in [0.1, 0.15) is 22.8 Å². The zero-order valence-electron chi connectivity index (χ0n) is 10.5. The summed E-state index contributed by atoms with van der Waals surface area (Å²) >= 11 is 3.11. The van der Waals surface area contributed by atoms with Gasteiger partial charge in [0.2, 0.25) is 0 Å². The van der Waals surface area contributed by atoms with E-state index in [1.165, 1.54) is 21.8 Å². The van der Waals surface area contributed by atoms with Crippen LogP contribution in [0.15, 0.2) is 44.8 Å². The molecule has 2 heterocycles. The van der Waals surface area contributed by atoms with Gasteiger partial charge in [-0.25, -0.2) is 8.42 Å². The molecule has 0 spiro atoms. The third-order valence-electron chi connectivity index (χ3n) is 3.24. The lowest BCUT2D eigenvalue weighted by molar-refractivity contribution is 0.588. The number of fused-ring (bicyclic) bond motifs is 1. The summed E-state index contributed by atoms with van der Waals surface area (Å²) in [7, 11) is -3.03. The minimum Gasteiger partial charge on any atom is -0.223 e.